The van der Waals surface area contributed by atoms with Gasteiger partial charge in [0.05, 0.1) is 0 Å². The molecule has 6 nitrogen and oxygen atoms in total. The molecule has 2 fully saturated rings. The highest BCUT2D eigenvalue weighted by Gasteiger charge is 2.26. The molecule has 0 saturated carbocycles. The second kappa shape index (κ2) is 8.36. The second-order valence-electron chi connectivity index (χ2n) is 6.49. The molecule has 0 aromatic heterocycles. The third-order valence-corrected chi connectivity index (χ3v) is 4.93. The first kappa shape index (κ1) is 17.1. The van der Waals surface area contributed by atoms with E-state index in [-0.39, 0.29) is 18.0 Å². The molecule has 22 heavy (non-hydrogen) atoms. The van der Waals surface area contributed by atoms with Gasteiger partial charge < -0.3 is 20.4 Å². The van der Waals surface area contributed by atoms with E-state index in [1.807, 2.05) is 4.90 Å². The van der Waals surface area contributed by atoms with E-state index < -0.39 is 0 Å². The first-order valence-corrected chi connectivity index (χ1v) is 8.60. The maximum atomic E-state index is 12.4. The molecular weight excluding hydrogens is 280 g/mol. The molecule has 0 radical (unpaired) electrons. The standard InChI is InChI=1S/C16H30N4O2/c1-3-19-8-4-5-14(12-19)18-16(22)20-9-6-13(7-10-20)11-15(21)17-2/h13-14H,3-12H2,1-2H3,(H,17,21)(H,18,22). The highest BCUT2D eigenvalue weighted by atomic mass is 16.2. The summed E-state index contributed by atoms with van der Waals surface area (Å²) in [7, 11) is 1.68. The van der Waals surface area contributed by atoms with Crippen LogP contribution in [0.2, 0.25) is 0 Å². The molecule has 0 aliphatic carbocycles. The van der Waals surface area contributed by atoms with Crippen molar-refractivity contribution in [3.63, 3.8) is 0 Å². The third kappa shape index (κ3) is 4.87. The monoisotopic (exact) mass is 310 g/mol. The number of nitrogens with zero attached hydrogens (tertiary/aromatic N) is 2. The van der Waals surface area contributed by atoms with Gasteiger partial charge in [-0.1, -0.05) is 6.92 Å². The molecule has 2 N–H and O–H groups in total. The molecule has 1 atom stereocenters. The van der Waals surface area contributed by atoms with Gasteiger partial charge in [0.25, 0.3) is 0 Å². The van der Waals surface area contributed by atoms with Crippen LogP contribution in [0.3, 0.4) is 0 Å². The van der Waals surface area contributed by atoms with Crippen molar-refractivity contribution in [2.24, 2.45) is 5.92 Å². The number of amides is 3. The number of urea groups is 1. The van der Waals surface area contributed by atoms with Crippen LogP contribution in [0.5, 0.6) is 0 Å². The minimum absolute atomic E-state index is 0.0707. The summed E-state index contributed by atoms with van der Waals surface area (Å²) in [4.78, 5) is 28.1. The van der Waals surface area contributed by atoms with Crippen molar-refractivity contribution in [3.8, 4) is 0 Å². The van der Waals surface area contributed by atoms with E-state index >= 15 is 0 Å². The molecule has 0 bridgehead atoms. The van der Waals surface area contributed by atoms with Gasteiger partial charge in [-0.05, 0) is 44.7 Å². The van der Waals surface area contributed by atoms with Crippen molar-refractivity contribution < 1.29 is 9.59 Å². The third-order valence-electron chi connectivity index (χ3n) is 4.93. The number of rotatable bonds is 4. The van der Waals surface area contributed by atoms with Crippen molar-refractivity contribution in [2.75, 3.05) is 39.8 Å². The zero-order chi connectivity index (χ0) is 15.9. The molecule has 2 heterocycles. The van der Waals surface area contributed by atoms with E-state index in [1.54, 1.807) is 7.05 Å². The molecule has 2 aliphatic rings. The predicted octanol–water partition coefficient (Wildman–Crippen LogP) is 1.03. The van der Waals surface area contributed by atoms with E-state index in [0.29, 0.717) is 12.3 Å². The highest BCUT2D eigenvalue weighted by Crippen LogP contribution is 2.20. The number of likely N-dealkylation sites (N-methyl/N-ethyl adjacent to an activating group) is 1. The Morgan fingerprint density at radius 1 is 1.14 bits per heavy atom. The van der Waals surface area contributed by atoms with Crippen molar-refractivity contribution in [1.82, 2.24) is 20.4 Å². The summed E-state index contributed by atoms with van der Waals surface area (Å²) in [6.07, 6.45) is 4.67. The Morgan fingerprint density at radius 3 is 2.50 bits per heavy atom. The normalized spacial score (nSPS) is 24.1. The molecule has 0 spiro atoms. The highest BCUT2D eigenvalue weighted by molar-refractivity contribution is 5.76. The average molecular weight is 310 g/mol. The molecule has 1 unspecified atom stereocenters. The number of likely N-dealkylation sites (tertiary alicyclic amines) is 2. The average Bonchev–Trinajstić information content (AvgIpc) is 2.55. The van der Waals surface area contributed by atoms with Gasteiger partial charge in [0, 0.05) is 39.1 Å². The lowest BCUT2D eigenvalue weighted by Gasteiger charge is -2.36. The van der Waals surface area contributed by atoms with Gasteiger partial charge in [-0.2, -0.15) is 0 Å². The Hall–Kier alpha value is -1.30. The van der Waals surface area contributed by atoms with Crippen LogP contribution >= 0.6 is 0 Å². The Morgan fingerprint density at radius 2 is 1.86 bits per heavy atom. The number of piperidine rings is 2. The molecule has 126 valence electrons. The first-order valence-electron chi connectivity index (χ1n) is 8.60. The molecule has 2 rings (SSSR count). The minimum atomic E-state index is 0.0707. The Bertz CT molecular complexity index is 380. The van der Waals surface area contributed by atoms with Gasteiger partial charge in [0.15, 0.2) is 0 Å². The maximum Gasteiger partial charge on any atom is 0.317 e. The Labute approximate surface area is 133 Å². The van der Waals surface area contributed by atoms with Crippen molar-refractivity contribution >= 4 is 11.9 Å². The van der Waals surface area contributed by atoms with Crippen LogP contribution in [0.25, 0.3) is 0 Å². The summed E-state index contributed by atoms with van der Waals surface area (Å²) in [5, 5.41) is 5.86. The fourth-order valence-electron chi connectivity index (χ4n) is 3.43. The minimum Gasteiger partial charge on any atom is -0.359 e. The summed E-state index contributed by atoms with van der Waals surface area (Å²) in [5.74, 6) is 0.513. The largest absolute Gasteiger partial charge is 0.359 e. The fraction of sp³-hybridized carbons (Fsp3) is 0.875. The van der Waals surface area contributed by atoms with Crippen LogP contribution in [0.15, 0.2) is 0 Å². The second-order valence-corrected chi connectivity index (χ2v) is 6.49. The van der Waals surface area contributed by atoms with Crippen LogP contribution < -0.4 is 10.6 Å². The summed E-state index contributed by atoms with van der Waals surface area (Å²) in [6, 6.07) is 0.353. The molecular formula is C16H30N4O2. The zero-order valence-electron chi connectivity index (χ0n) is 13.9. The maximum absolute atomic E-state index is 12.4. The van der Waals surface area contributed by atoms with Crippen LogP contribution in [-0.2, 0) is 4.79 Å². The molecule has 2 saturated heterocycles. The van der Waals surface area contributed by atoms with Gasteiger partial charge >= 0.3 is 6.03 Å². The molecule has 0 aromatic carbocycles. The lowest BCUT2D eigenvalue weighted by atomic mass is 9.93. The molecule has 6 heteroatoms. The van der Waals surface area contributed by atoms with Crippen LogP contribution in [0.4, 0.5) is 4.79 Å². The number of hydrogen-bond acceptors (Lipinski definition) is 3. The lowest BCUT2D eigenvalue weighted by Crippen LogP contribution is -2.52. The summed E-state index contributed by atoms with van der Waals surface area (Å²) >= 11 is 0. The SMILES string of the molecule is CCN1CCCC(NC(=O)N2CCC(CC(=O)NC)CC2)C1. The van der Waals surface area contributed by atoms with E-state index in [0.717, 1.165) is 58.4 Å². The van der Waals surface area contributed by atoms with Crippen LogP contribution in [0.1, 0.15) is 39.0 Å². The van der Waals surface area contributed by atoms with Crippen LogP contribution in [0, 0.1) is 5.92 Å². The smallest absolute Gasteiger partial charge is 0.317 e. The van der Waals surface area contributed by atoms with E-state index in [4.69, 9.17) is 0 Å². The van der Waals surface area contributed by atoms with E-state index in [2.05, 4.69) is 22.5 Å². The van der Waals surface area contributed by atoms with E-state index in [1.165, 1.54) is 0 Å². The molecule has 3 amide bonds. The van der Waals surface area contributed by atoms with Crippen molar-refractivity contribution in [1.29, 1.82) is 0 Å². The Balaban J connectivity index is 1.72. The van der Waals surface area contributed by atoms with E-state index in [9.17, 15) is 9.59 Å². The van der Waals surface area contributed by atoms with Gasteiger partial charge in [0.2, 0.25) is 5.91 Å². The predicted molar refractivity (Wildman–Crippen MR) is 86.6 cm³/mol. The Kier molecular flexibility index (Phi) is 6.49. The number of nitrogens with one attached hydrogen (secondary N) is 2. The fourth-order valence-corrected chi connectivity index (χ4v) is 3.43. The molecule has 0 aromatic rings. The van der Waals surface area contributed by atoms with Gasteiger partial charge in [-0.25, -0.2) is 4.79 Å². The van der Waals surface area contributed by atoms with Gasteiger partial charge in [0.1, 0.15) is 0 Å². The van der Waals surface area contributed by atoms with Crippen LogP contribution in [-0.4, -0.2) is 67.6 Å². The van der Waals surface area contributed by atoms with Crippen molar-refractivity contribution in [2.45, 2.75) is 45.1 Å². The summed E-state index contributed by atoms with van der Waals surface area (Å²) in [6.45, 7) is 6.86. The van der Waals surface area contributed by atoms with Gasteiger partial charge in [-0.15, -0.1) is 0 Å². The van der Waals surface area contributed by atoms with Crippen molar-refractivity contribution in [3.05, 3.63) is 0 Å². The summed E-state index contributed by atoms with van der Waals surface area (Å²) < 4.78 is 0. The molecule has 2 aliphatic heterocycles. The number of carbonyl (C=O) groups is 2. The quantitative estimate of drug-likeness (QED) is 0.815. The number of hydrogen-bond donors (Lipinski definition) is 2. The lowest BCUT2D eigenvalue weighted by molar-refractivity contribution is -0.121. The first-order chi connectivity index (χ1) is 10.6. The topological polar surface area (TPSA) is 64.7 Å². The van der Waals surface area contributed by atoms with Gasteiger partial charge in [-0.3, -0.25) is 4.79 Å². The zero-order valence-corrected chi connectivity index (χ0v) is 13.9. The summed E-state index contributed by atoms with van der Waals surface area (Å²) in [5.41, 5.74) is 0. The number of carbonyl (C=O) groups excluding carboxylic acids is 2.